The number of fused-ring (bicyclic) bond motifs is 2. The smallest absolute Gasteiger partial charge is 0.244 e. The number of nitrogens with zero attached hydrogens (tertiary/aromatic N) is 7. The van der Waals surface area contributed by atoms with Gasteiger partial charge in [-0.1, -0.05) is 11.3 Å². The molecule has 0 aliphatic carbocycles. The summed E-state index contributed by atoms with van der Waals surface area (Å²) in [5, 5.41) is 14.7. The number of halogens is 3. The van der Waals surface area contributed by atoms with E-state index in [0.29, 0.717) is 11.0 Å². The number of aromatic nitrogens is 6. The van der Waals surface area contributed by atoms with Crippen molar-refractivity contribution in [2.45, 2.75) is 32.0 Å². The van der Waals surface area contributed by atoms with Gasteiger partial charge in [-0.3, -0.25) is 4.79 Å². The van der Waals surface area contributed by atoms with Crippen molar-refractivity contribution in [1.29, 1.82) is 0 Å². The molecule has 13 heteroatoms. The zero-order valence-electron chi connectivity index (χ0n) is 24.1. The van der Waals surface area contributed by atoms with E-state index < -0.39 is 56.9 Å². The standard InChI is InChI=1S/C22H23F3N8O2/c1-12(34)31-7-5-16(14(24)10-31)26-22-27-21(35-2)20-19(15(25)11-33(20)29-22)13-3-4-17-18(9-13)32(8-6-23)30-28-17/h3-4,9,11,14,16H,5-8,10H2,1-2H3,(H,26,29)/t14-,16+/m1/s1/i1D3,2D3. The maximum Gasteiger partial charge on any atom is 0.244 e. The number of aryl methyl sites for hydroxylation is 1. The quantitative estimate of drug-likeness (QED) is 0.440. The van der Waals surface area contributed by atoms with E-state index in [1.165, 1.54) is 16.8 Å². The van der Waals surface area contributed by atoms with Gasteiger partial charge in [0.15, 0.2) is 5.82 Å². The van der Waals surface area contributed by atoms with Crippen LogP contribution in [-0.2, 0) is 11.3 Å². The number of rotatable bonds is 6. The molecule has 0 bridgehead atoms. The number of hydrogen-bond acceptors (Lipinski definition) is 7. The van der Waals surface area contributed by atoms with Crippen LogP contribution in [0.25, 0.3) is 27.7 Å². The van der Waals surface area contributed by atoms with Gasteiger partial charge in [-0.2, -0.15) is 4.98 Å². The Labute approximate surface area is 206 Å². The van der Waals surface area contributed by atoms with Crippen LogP contribution in [0.2, 0.25) is 0 Å². The average molecular weight is 495 g/mol. The molecule has 1 N–H and O–H groups in total. The van der Waals surface area contributed by atoms with E-state index in [9.17, 15) is 13.6 Å². The van der Waals surface area contributed by atoms with Crippen molar-refractivity contribution in [3.05, 3.63) is 30.2 Å². The van der Waals surface area contributed by atoms with Crippen LogP contribution in [0.5, 0.6) is 5.88 Å². The predicted octanol–water partition coefficient (Wildman–Crippen LogP) is 2.63. The lowest BCUT2D eigenvalue weighted by Crippen LogP contribution is -2.49. The van der Waals surface area contributed by atoms with E-state index >= 15 is 4.39 Å². The van der Waals surface area contributed by atoms with Crippen molar-refractivity contribution < 1.29 is 30.9 Å². The second kappa shape index (κ2) is 9.04. The first-order valence-electron chi connectivity index (χ1n) is 13.6. The van der Waals surface area contributed by atoms with Gasteiger partial charge in [-0.25, -0.2) is 22.4 Å². The van der Waals surface area contributed by atoms with Crippen LogP contribution in [0.3, 0.4) is 0 Å². The van der Waals surface area contributed by atoms with Crippen LogP contribution >= 0.6 is 0 Å². The largest absolute Gasteiger partial charge is 0.479 e. The Kier molecular flexibility index (Phi) is 4.31. The number of carbonyl (C=O) groups is 1. The summed E-state index contributed by atoms with van der Waals surface area (Å²) in [5.74, 6) is -2.79. The number of benzene rings is 1. The van der Waals surface area contributed by atoms with Crippen molar-refractivity contribution in [1.82, 2.24) is 34.5 Å². The summed E-state index contributed by atoms with van der Waals surface area (Å²) in [7, 11) is -3.00. The molecule has 1 aliphatic heterocycles. The minimum Gasteiger partial charge on any atom is -0.479 e. The minimum atomic E-state index is -3.00. The lowest BCUT2D eigenvalue weighted by Gasteiger charge is -2.34. The molecule has 1 fully saturated rings. The summed E-state index contributed by atoms with van der Waals surface area (Å²) in [6, 6.07) is 3.60. The fourth-order valence-corrected chi connectivity index (χ4v) is 4.21. The molecular formula is C22H23F3N8O2. The lowest BCUT2D eigenvalue weighted by molar-refractivity contribution is -0.131. The summed E-state index contributed by atoms with van der Waals surface area (Å²) in [5.41, 5.74) is 0.858. The van der Waals surface area contributed by atoms with Crippen molar-refractivity contribution in [3.63, 3.8) is 0 Å². The average Bonchev–Trinajstić information content (AvgIpc) is 3.43. The third kappa shape index (κ3) is 4.10. The molecule has 3 aromatic heterocycles. The topological polar surface area (TPSA) is 102 Å². The Hall–Kier alpha value is -3.90. The summed E-state index contributed by atoms with van der Waals surface area (Å²) in [4.78, 5) is 17.0. The highest BCUT2D eigenvalue weighted by atomic mass is 19.1. The van der Waals surface area contributed by atoms with E-state index in [1.54, 1.807) is 6.07 Å². The third-order valence-corrected chi connectivity index (χ3v) is 5.89. The first kappa shape index (κ1) is 16.7. The maximum atomic E-state index is 15.4. The van der Waals surface area contributed by atoms with Gasteiger partial charge in [0.1, 0.15) is 23.9 Å². The van der Waals surface area contributed by atoms with Gasteiger partial charge in [-0.15, -0.1) is 10.2 Å². The lowest BCUT2D eigenvalue weighted by atomic mass is 10.0. The Morgan fingerprint density at radius 2 is 2.29 bits per heavy atom. The van der Waals surface area contributed by atoms with E-state index in [-0.39, 0.29) is 42.1 Å². The molecule has 0 radical (unpaired) electrons. The summed E-state index contributed by atoms with van der Waals surface area (Å²) < 4.78 is 95.3. The van der Waals surface area contributed by atoms with Gasteiger partial charge in [-0.05, 0) is 24.1 Å². The minimum absolute atomic E-state index is 0.00819. The van der Waals surface area contributed by atoms with Crippen LogP contribution in [0.4, 0.5) is 19.1 Å². The molecular weight excluding hydrogens is 465 g/mol. The van der Waals surface area contributed by atoms with Gasteiger partial charge in [0.25, 0.3) is 0 Å². The molecule has 5 rings (SSSR count). The second-order valence-corrected chi connectivity index (χ2v) is 8.00. The predicted molar refractivity (Wildman–Crippen MR) is 121 cm³/mol. The van der Waals surface area contributed by atoms with E-state index in [0.717, 1.165) is 15.6 Å². The number of anilines is 1. The summed E-state index contributed by atoms with van der Waals surface area (Å²) in [6.45, 7) is -4.24. The number of nitrogens with one attached hydrogen (secondary N) is 1. The number of alkyl halides is 2. The zero-order valence-corrected chi connectivity index (χ0v) is 18.1. The molecule has 4 aromatic rings. The Morgan fingerprint density at radius 3 is 3.06 bits per heavy atom. The van der Waals surface area contributed by atoms with Crippen molar-refractivity contribution in [3.8, 4) is 17.0 Å². The van der Waals surface area contributed by atoms with E-state index in [4.69, 9.17) is 13.0 Å². The van der Waals surface area contributed by atoms with Crippen LogP contribution in [-0.4, -0.2) is 79.4 Å². The number of carbonyl (C=O) groups excluding carboxylic acids is 1. The zero-order chi connectivity index (χ0) is 29.7. The molecule has 4 heterocycles. The molecule has 1 aromatic carbocycles. The normalized spacial score (nSPS) is 21.6. The monoisotopic (exact) mass is 494 g/mol. The van der Waals surface area contributed by atoms with Gasteiger partial charge < -0.3 is 15.0 Å². The van der Waals surface area contributed by atoms with Crippen molar-refractivity contribution >= 4 is 28.4 Å². The van der Waals surface area contributed by atoms with Gasteiger partial charge >= 0.3 is 0 Å². The highest BCUT2D eigenvalue weighted by Gasteiger charge is 2.31. The number of ether oxygens (including phenoxy) is 1. The van der Waals surface area contributed by atoms with Crippen molar-refractivity contribution in [2.24, 2.45) is 0 Å². The van der Waals surface area contributed by atoms with Gasteiger partial charge in [0.2, 0.25) is 17.7 Å². The van der Waals surface area contributed by atoms with Gasteiger partial charge in [0.05, 0.1) is 47.6 Å². The molecule has 0 saturated carbocycles. The van der Waals surface area contributed by atoms with E-state index in [1.807, 2.05) is 0 Å². The third-order valence-electron chi connectivity index (χ3n) is 5.89. The number of piperidine rings is 1. The summed E-state index contributed by atoms with van der Waals surface area (Å²) in [6.07, 6.45) is -0.755. The maximum absolute atomic E-state index is 15.4. The SMILES string of the molecule is [2H]C([2H])([2H])Oc1nc(N[C@H]2CCN(C(=O)C([2H])([2H])[2H])C[C@H]2F)nn2cc(F)c(-c3ccc4nnn(CCF)c4c3)c12. The van der Waals surface area contributed by atoms with E-state index in [2.05, 4.69) is 25.7 Å². The number of amides is 1. The van der Waals surface area contributed by atoms with Crippen LogP contribution < -0.4 is 10.1 Å². The molecule has 1 saturated heterocycles. The molecule has 184 valence electrons. The number of methoxy groups -OCH3 is 1. The fraction of sp³-hybridized carbons (Fsp3) is 0.409. The molecule has 1 aliphatic rings. The van der Waals surface area contributed by atoms with Crippen LogP contribution in [0, 0.1) is 5.82 Å². The van der Waals surface area contributed by atoms with Gasteiger partial charge in [0, 0.05) is 17.5 Å². The fourth-order valence-electron chi connectivity index (χ4n) is 4.21. The Balaban J connectivity index is 1.51. The number of likely N-dealkylation sites (tertiary alicyclic amines) is 1. The molecule has 35 heavy (non-hydrogen) atoms. The second-order valence-electron chi connectivity index (χ2n) is 8.00. The molecule has 0 unspecified atom stereocenters. The molecule has 0 spiro atoms. The van der Waals surface area contributed by atoms with Crippen LogP contribution in [0.15, 0.2) is 24.4 Å². The highest BCUT2D eigenvalue weighted by molar-refractivity contribution is 5.89. The first-order valence-corrected chi connectivity index (χ1v) is 10.6. The highest BCUT2D eigenvalue weighted by Crippen LogP contribution is 2.35. The Morgan fingerprint density at radius 1 is 1.40 bits per heavy atom. The molecule has 1 amide bonds. The first-order chi connectivity index (χ1) is 19.2. The van der Waals surface area contributed by atoms with Crippen molar-refractivity contribution in [2.75, 3.05) is 32.1 Å². The molecule has 2 atom stereocenters. The Bertz CT molecular complexity index is 1610. The summed E-state index contributed by atoms with van der Waals surface area (Å²) >= 11 is 0. The molecule has 10 nitrogen and oxygen atoms in total. The van der Waals surface area contributed by atoms with Crippen LogP contribution in [0.1, 0.15) is 21.5 Å². The number of hydrogen-bond donors (Lipinski definition) is 1.